The number of nitrogens with zero attached hydrogens (tertiary/aromatic N) is 1. The average Bonchev–Trinajstić information content (AvgIpc) is 2.26. The fraction of sp³-hybridized carbons (Fsp3) is 0.545. The second-order valence-corrected chi connectivity index (χ2v) is 5.07. The number of nitrogens with two attached hydrogens (primary N) is 1. The third-order valence-corrected chi connectivity index (χ3v) is 4.08. The van der Waals surface area contributed by atoms with E-state index in [-0.39, 0.29) is 6.04 Å². The maximum Gasteiger partial charge on any atom is 0.115 e. The highest BCUT2D eigenvalue weighted by molar-refractivity contribution is 7.99. The molecule has 0 aromatic carbocycles. The summed E-state index contributed by atoms with van der Waals surface area (Å²) in [5.74, 6) is 1.41. The van der Waals surface area contributed by atoms with Crippen molar-refractivity contribution in [1.29, 1.82) is 0 Å². The molecule has 0 amide bonds. The van der Waals surface area contributed by atoms with E-state index in [2.05, 4.69) is 18.8 Å². The second-order valence-electron chi connectivity index (χ2n) is 3.65. The first-order valence-electron chi connectivity index (χ1n) is 5.14. The Kier molecular flexibility index (Phi) is 5.43. The summed E-state index contributed by atoms with van der Waals surface area (Å²) in [7, 11) is 0. The largest absolute Gasteiger partial charge is 0.327 e. The lowest BCUT2D eigenvalue weighted by Gasteiger charge is -2.17. The van der Waals surface area contributed by atoms with Crippen LogP contribution in [-0.2, 0) is 0 Å². The predicted octanol–water partition coefficient (Wildman–Crippen LogP) is 3.20. The zero-order valence-electron chi connectivity index (χ0n) is 9.11. The van der Waals surface area contributed by atoms with E-state index in [4.69, 9.17) is 17.3 Å². The third kappa shape index (κ3) is 4.01. The van der Waals surface area contributed by atoms with E-state index in [0.717, 1.165) is 17.2 Å². The first kappa shape index (κ1) is 12.8. The zero-order valence-corrected chi connectivity index (χ0v) is 10.7. The van der Waals surface area contributed by atoms with Crippen LogP contribution in [0.1, 0.15) is 20.3 Å². The Hall–Kier alpha value is -0.250. The molecule has 0 saturated carbocycles. The Bertz CT molecular complexity index is 306. The fourth-order valence-corrected chi connectivity index (χ4v) is 2.42. The van der Waals surface area contributed by atoms with E-state index in [0.29, 0.717) is 10.9 Å². The molecule has 2 nitrogen and oxygen atoms in total. The van der Waals surface area contributed by atoms with Gasteiger partial charge in [0.25, 0.3) is 0 Å². The number of hydrogen-bond donors (Lipinski definition) is 1. The van der Waals surface area contributed by atoms with Crippen molar-refractivity contribution >= 4 is 23.4 Å². The molecular weight excluding hydrogens is 228 g/mol. The van der Waals surface area contributed by atoms with Crippen LogP contribution in [0.4, 0.5) is 0 Å². The normalized spacial score (nSPS) is 14.9. The van der Waals surface area contributed by atoms with Gasteiger partial charge in [-0.15, -0.1) is 11.8 Å². The molecule has 1 aromatic heterocycles. The molecule has 2 unspecified atom stereocenters. The lowest BCUT2D eigenvalue weighted by atomic mass is 10.0. The summed E-state index contributed by atoms with van der Waals surface area (Å²) in [6.45, 7) is 4.33. The maximum absolute atomic E-state index is 6.03. The Labute approximate surface area is 101 Å². The van der Waals surface area contributed by atoms with Crippen LogP contribution >= 0.6 is 23.4 Å². The van der Waals surface area contributed by atoms with Crippen molar-refractivity contribution in [1.82, 2.24) is 4.98 Å². The molecule has 2 atom stereocenters. The van der Waals surface area contributed by atoms with E-state index in [1.807, 2.05) is 12.1 Å². The summed E-state index contributed by atoms with van der Waals surface area (Å²) < 4.78 is 0. The molecule has 0 saturated heterocycles. The quantitative estimate of drug-likeness (QED) is 0.809. The Morgan fingerprint density at radius 1 is 1.60 bits per heavy atom. The minimum atomic E-state index is 0.207. The fourth-order valence-electron chi connectivity index (χ4n) is 1.12. The molecule has 2 N–H and O–H groups in total. The van der Waals surface area contributed by atoms with E-state index in [1.54, 1.807) is 18.0 Å². The minimum Gasteiger partial charge on any atom is -0.327 e. The van der Waals surface area contributed by atoms with Crippen LogP contribution in [0.5, 0.6) is 0 Å². The molecule has 0 radical (unpaired) electrons. The van der Waals surface area contributed by atoms with Crippen LogP contribution in [0.3, 0.4) is 0 Å². The summed E-state index contributed by atoms with van der Waals surface area (Å²) in [6, 6.07) is 3.89. The molecule has 0 fully saturated rings. The summed E-state index contributed by atoms with van der Waals surface area (Å²) in [6.07, 6.45) is 2.86. The molecule has 1 heterocycles. The summed E-state index contributed by atoms with van der Waals surface area (Å²) in [5, 5.41) is 1.58. The number of thioether (sulfide) groups is 1. The third-order valence-electron chi connectivity index (χ3n) is 2.51. The lowest BCUT2D eigenvalue weighted by Crippen LogP contribution is -2.30. The van der Waals surface area contributed by atoms with Gasteiger partial charge in [-0.3, -0.25) is 0 Å². The number of aromatic nitrogens is 1. The van der Waals surface area contributed by atoms with Crippen molar-refractivity contribution in [2.24, 2.45) is 11.7 Å². The highest BCUT2D eigenvalue weighted by atomic mass is 35.5. The van der Waals surface area contributed by atoms with Crippen LogP contribution < -0.4 is 5.73 Å². The number of rotatable bonds is 5. The molecule has 0 aliphatic heterocycles. The average molecular weight is 245 g/mol. The van der Waals surface area contributed by atoms with Crippen molar-refractivity contribution < 1.29 is 0 Å². The van der Waals surface area contributed by atoms with Crippen LogP contribution in [0.2, 0.25) is 5.02 Å². The van der Waals surface area contributed by atoms with Gasteiger partial charge in [0.1, 0.15) is 5.03 Å². The molecule has 4 heteroatoms. The molecule has 1 aromatic rings. The predicted molar refractivity (Wildman–Crippen MR) is 67.4 cm³/mol. The van der Waals surface area contributed by atoms with Gasteiger partial charge in [-0.25, -0.2) is 4.98 Å². The van der Waals surface area contributed by atoms with E-state index < -0.39 is 0 Å². The Balaban J connectivity index is 2.47. The van der Waals surface area contributed by atoms with Crippen molar-refractivity contribution in [2.45, 2.75) is 31.3 Å². The smallest absolute Gasteiger partial charge is 0.115 e. The van der Waals surface area contributed by atoms with Gasteiger partial charge in [0.05, 0.1) is 5.02 Å². The molecule has 0 bridgehead atoms. The SMILES string of the molecule is CCC(C)C(N)CSc1ncccc1Cl. The molecule has 0 aliphatic carbocycles. The Morgan fingerprint density at radius 3 is 2.93 bits per heavy atom. The number of hydrogen-bond acceptors (Lipinski definition) is 3. The lowest BCUT2D eigenvalue weighted by molar-refractivity contribution is 0.475. The molecule has 84 valence electrons. The van der Waals surface area contributed by atoms with Gasteiger partial charge < -0.3 is 5.73 Å². The summed E-state index contributed by atoms with van der Waals surface area (Å²) in [4.78, 5) is 4.21. The summed E-state index contributed by atoms with van der Waals surface area (Å²) in [5.41, 5.74) is 6.03. The van der Waals surface area contributed by atoms with Crippen LogP contribution in [0, 0.1) is 5.92 Å². The van der Waals surface area contributed by atoms with Gasteiger partial charge in [0.2, 0.25) is 0 Å². The van der Waals surface area contributed by atoms with Gasteiger partial charge in [0.15, 0.2) is 0 Å². The zero-order chi connectivity index (χ0) is 11.3. The first-order chi connectivity index (χ1) is 7.15. The van der Waals surface area contributed by atoms with Crippen LogP contribution in [0.15, 0.2) is 23.4 Å². The molecule has 1 rings (SSSR count). The van der Waals surface area contributed by atoms with Crippen molar-refractivity contribution in [3.63, 3.8) is 0 Å². The highest BCUT2D eigenvalue weighted by Gasteiger charge is 2.12. The van der Waals surface area contributed by atoms with Gasteiger partial charge in [0, 0.05) is 18.0 Å². The van der Waals surface area contributed by atoms with Crippen molar-refractivity contribution in [2.75, 3.05) is 5.75 Å². The maximum atomic E-state index is 6.03. The van der Waals surface area contributed by atoms with Gasteiger partial charge in [-0.2, -0.15) is 0 Å². The summed E-state index contributed by atoms with van der Waals surface area (Å²) >= 11 is 7.63. The monoisotopic (exact) mass is 244 g/mol. The second kappa shape index (κ2) is 6.36. The van der Waals surface area contributed by atoms with Gasteiger partial charge >= 0.3 is 0 Å². The van der Waals surface area contributed by atoms with E-state index in [9.17, 15) is 0 Å². The highest BCUT2D eigenvalue weighted by Crippen LogP contribution is 2.25. The number of pyridine rings is 1. The topological polar surface area (TPSA) is 38.9 Å². The standard InChI is InChI=1S/C11H17ClN2S/c1-3-8(2)10(13)7-15-11-9(12)5-4-6-14-11/h4-6,8,10H,3,7,13H2,1-2H3. The Morgan fingerprint density at radius 2 is 2.33 bits per heavy atom. The minimum absolute atomic E-state index is 0.207. The van der Waals surface area contributed by atoms with Crippen molar-refractivity contribution in [3.05, 3.63) is 23.4 Å². The van der Waals surface area contributed by atoms with Crippen LogP contribution in [0.25, 0.3) is 0 Å². The van der Waals surface area contributed by atoms with Crippen LogP contribution in [-0.4, -0.2) is 16.8 Å². The van der Waals surface area contributed by atoms with E-state index >= 15 is 0 Å². The number of halogens is 1. The molecule has 15 heavy (non-hydrogen) atoms. The molecular formula is C11H17ClN2S. The van der Waals surface area contributed by atoms with E-state index in [1.165, 1.54) is 0 Å². The first-order valence-corrected chi connectivity index (χ1v) is 6.50. The van der Waals surface area contributed by atoms with Crippen molar-refractivity contribution in [3.8, 4) is 0 Å². The van der Waals surface area contributed by atoms with Gasteiger partial charge in [-0.05, 0) is 18.1 Å². The molecule has 0 spiro atoms. The molecule has 0 aliphatic rings. The van der Waals surface area contributed by atoms with Gasteiger partial charge in [-0.1, -0.05) is 31.9 Å².